The second kappa shape index (κ2) is 7.04. The third-order valence-electron chi connectivity index (χ3n) is 3.54. The van der Waals surface area contributed by atoms with Crippen LogP contribution in [-0.2, 0) is 0 Å². The predicted octanol–water partition coefficient (Wildman–Crippen LogP) is 3.00. The van der Waals surface area contributed by atoms with E-state index in [4.69, 9.17) is 9.47 Å². The number of rotatable bonds is 5. The van der Waals surface area contributed by atoms with E-state index in [1.54, 1.807) is 24.3 Å². The van der Waals surface area contributed by atoms with Gasteiger partial charge in [-0.15, -0.1) is 0 Å². The molecule has 0 fully saturated rings. The monoisotopic (exact) mass is 339 g/mol. The number of hydrogen-bond donors (Lipinski definition) is 2. The molecule has 0 bridgehead atoms. The minimum atomic E-state index is -0.533. The molecule has 7 heteroatoms. The molecule has 0 radical (unpaired) electrons. The van der Waals surface area contributed by atoms with Gasteiger partial charge in [0.15, 0.2) is 17.2 Å². The molecule has 25 heavy (non-hydrogen) atoms. The van der Waals surface area contributed by atoms with Gasteiger partial charge < -0.3 is 19.9 Å². The Labute approximate surface area is 144 Å². The van der Waals surface area contributed by atoms with Crippen LogP contribution in [0.2, 0.25) is 0 Å². The molecule has 3 aromatic rings. The van der Waals surface area contributed by atoms with Gasteiger partial charge in [0.25, 0.3) is 5.91 Å². The van der Waals surface area contributed by atoms with Crippen molar-refractivity contribution >= 4 is 22.5 Å². The molecule has 2 N–H and O–H groups in total. The maximum absolute atomic E-state index is 12.4. The summed E-state index contributed by atoms with van der Waals surface area (Å²) in [7, 11) is 1.41. The van der Waals surface area contributed by atoms with Crippen molar-refractivity contribution in [1.82, 2.24) is 9.97 Å². The molecule has 0 aliphatic heterocycles. The van der Waals surface area contributed by atoms with E-state index in [0.29, 0.717) is 18.2 Å². The standard InChI is InChI=1S/C18H17N3O4/c1-3-25-15-7-4-11-10-12(5-6-13(11)21-15)20-18(23)16-17(22)14(24-2)8-9-19-16/h4-10,22H,3H2,1-2H3,(H,20,23). The van der Waals surface area contributed by atoms with Crippen molar-refractivity contribution in [1.29, 1.82) is 0 Å². The van der Waals surface area contributed by atoms with Crippen LogP contribution in [0.3, 0.4) is 0 Å². The van der Waals surface area contributed by atoms with Crippen LogP contribution in [0.4, 0.5) is 5.69 Å². The van der Waals surface area contributed by atoms with Crippen LogP contribution in [0.15, 0.2) is 42.6 Å². The molecule has 0 spiro atoms. The summed E-state index contributed by atoms with van der Waals surface area (Å²) >= 11 is 0. The number of carbonyl (C=O) groups excluding carboxylic acids is 1. The summed E-state index contributed by atoms with van der Waals surface area (Å²) in [6.07, 6.45) is 1.40. The summed E-state index contributed by atoms with van der Waals surface area (Å²) in [4.78, 5) is 20.6. The number of aromatic nitrogens is 2. The number of nitrogens with one attached hydrogen (secondary N) is 1. The van der Waals surface area contributed by atoms with Crippen LogP contribution < -0.4 is 14.8 Å². The maximum Gasteiger partial charge on any atom is 0.278 e. The second-order valence-electron chi connectivity index (χ2n) is 5.15. The Kier molecular flexibility index (Phi) is 4.65. The Morgan fingerprint density at radius 1 is 1.24 bits per heavy atom. The molecule has 128 valence electrons. The average molecular weight is 339 g/mol. The van der Waals surface area contributed by atoms with Gasteiger partial charge in [-0.1, -0.05) is 0 Å². The maximum atomic E-state index is 12.4. The van der Waals surface area contributed by atoms with Crippen molar-refractivity contribution in [2.75, 3.05) is 19.0 Å². The molecule has 0 saturated carbocycles. The lowest BCUT2D eigenvalue weighted by molar-refractivity contribution is 0.101. The second-order valence-corrected chi connectivity index (χ2v) is 5.15. The summed E-state index contributed by atoms with van der Waals surface area (Å²) in [5.74, 6) is -0.0930. The Bertz CT molecular complexity index is 927. The van der Waals surface area contributed by atoms with Gasteiger partial charge in [0, 0.05) is 29.4 Å². The Morgan fingerprint density at radius 3 is 2.84 bits per heavy atom. The number of amides is 1. The molecule has 0 unspecified atom stereocenters. The summed E-state index contributed by atoms with van der Waals surface area (Å²) in [5, 5.41) is 13.6. The molecule has 0 atom stereocenters. The smallest absolute Gasteiger partial charge is 0.278 e. The number of ether oxygens (including phenoxy) is 2. The van der Waals surface area contributed by atoms with Crippen LogP contribution in [0, 0.1) is 0 Å². The largest absolute Gasteiger partial charge is 0.503 e. The van der Waals surface area contributed by atoms with Gasteiger partial charge in [-0.05, 0) is 31.2 Å². The number of benzene rings is 1. The normalized spacial score (nSPS) is 10.5. The highest BCUT2D eigenvalue weighted by molar-refractivity contribution is 6.05. The molecule has 7 nitrogen and oxygen atoms in total. The van der Waals surface area contributed by atoms with Crippen molar-refractivity contribution in [2.24, 2.45) is 0 Å². The molecule has 0 saturated heterocycles. The fourth-order valence-electron chi connectivity index (χ4n) is 2.37. The zero-order valence-corrected chi connectivity index (χ0v) is 13.8. The Hall–Kier alpha value is -3.35. The molecule has 0 aliphatic carbocycles. The zero-order chi connectivity index (χ0) is 17.8. The van der Waals surface area contributed by atoms with E-state index in [1.165, 1.54) is 19.4 Å². The average Bonchev–Trinajstić information content (AvgIpc) is 2.62. The lowest BCUT2D eigenvalue weighted by Crippen LogP contribution is -2.14. The minimum Gasteiger partial charge on any atom is -0.503 e. The topological polar surface area (TPSA) is 93.6 Å². The Balaban J connectivity index is 1.85. The van der Waals surface area contributed by atoms with Crippen molar-refractivity contribution in [2.45, 2.75) is 6.92 Å². The number of aromatic hydroxyl groups is 1. The van der Waals surface area contributed by atoms with Gasteiger partial charge in [-0.3, -0.25) is 4.79 Å². The van der Waals surface area contributed by atoms with Crippen molar-refractivity contribution < 1.29 is 19.4 Å². The molecule has 3 rings (SSSR count). The van der Waals surface area contributed by atoms with Crippen LogP contribution in [0.1, 0.15) is 17.4 Å². The van der Waals surface area contributed by atoms with E-state index in [1.807, 2.05) is 13.0 Å². The molecule has 1 amide bonds. The first-order chi connectivity index (χ1) is 12.1. The quantitative estimate of drug-likeness (QED) is 0.742. The highest BCUT2D eigenvalue weighted by Crippen LogP contribution is 2.28. The van der Waals surface area contributed by atoms with Gasteiger partial charge in [-0.2, -0.15) is 0 Å². The van der Waals surface area contributed by atoms with E-state index in [-0.39, 0.29) is 17.2 Å². The number of carbonyl (C=O) groups is 1. The number of methoxy groups -OCH3 is 1. The van der Waals surface area contributed by atoms with Crippen LogP contribution >= 0.6 is 0 Å². The highest BCUT2D eigenvalue weighted by Gasteiger charge is 2.17. The van der Waals surface area contributed by atoms with Gasteiger partial charge in [0.1, 0.15) is 0 Å². The molecule has 2 heterocycles. The van der Waals surface area contributed by atoms with E-state index < -0.39 is 5.91 Å². The predicted molar refractivity (Wildman–Crippen MR) is 93.3 cm³/mol. The summed E-state index contributed by atoms with van der Waals surface area (Å²) in [6.45, 7) is 2.44. The van der Waals surface area contributed by atoms with E-state index in [0.717, 1.165) is 10.9 Å². The third-order valence-corrected chi connectivity index (χ3v) is 3.54. The number of hydrogen-bond acceptors (Lipinski definition) is 6. The molecule has 1 aromatic carbocycles. The SMILES string of the molecule is CCOc1ccc2cc(NC(=O)c3nccc(OC)c3O)ccc2n1. The lowest BCUT2D eigenvalue weighted by Gasteiger charge is -2.09. The molecule has 0 aliphatic rings. The van der Waals surface area contributed by atoms with Crippen molar-refractivity contribution in [3.63, 3.8) is 0 Å². The Morgan fingerprint density at radius 2 is 2.08 bits per heavy atom. The summed E-state index contributed by atoms with van der Waals surface area (Å²) < 4.78 is 10.4. The van der Waals surface area contributed by atoms with Gasteiger partial charge >= 0.3 is 0 Å². The number of nitrogens with zero attached hydrogens (tertiary/aromatic N) is 2. The van der Waals surface area contributed by atoms with Crippen molar-refractivity contribution in [3.05, 3.63) is 48.3 Å². The highest BCUT2D eigenvalue weighted by atomic mass is 16.5. The van der Waals surface area contributed by atoms with Gasteiger partial charge in [-0.25, -0.2) is 9.97 Å². The minimum absolute atomic E-state index is 0.107. The lowest BCUT2D eigenvalue weighted by atomic mass is 10.2. The molecular weight excluding hydrogens is 322 g/mol. The van der Waals surface area contributed by atoms with Crippen LogP contribution in [0.25, 0.3) is 10.9 Å². The van der Waals surface area contributed by atoms with E-state index in [2.05, 4.69) is 15.3 Å². The van der Waals surface area contributed by atoms with Crippen molar-refractivity contribution in [3.8, 4) is 17.4 Å². The first kappa shape index (κ1) is 16.5. The summed E-state index contributed by atoms with van der Waals surface area (Å²) in [5.41, 5.74) is 1.21. The van der Waals surface area contributed by atoms with Gasteiger partial charge in [0.05, 0.1) is 19.2 Å². The third kappa shape index (κ3) is 3.45. The first-order valence-electron chi connectivity index (χ1n) is 7.69. The van der Waals surface area contributed by atoms with Crippen LogP contribution in [0.5, 0.6) is 17.4 Å². The molecular formula is C18H17N3O4. The van der Waals surface area contributed by atoms with E-state index in [9.17, 15) is 9.90 Å². The van der Waals surface area contributed by atoms with E-state index >= 15 is 0 Å². The number of anilines is 1. The summed E-state index contributed by atoms with van der Waals surface area (Å²) in [6, 6.07) is 10.4. The fourth-order valence-corrected chi connectivity index (χ4v) is 2.37. The zero-order valence-electron chi connectivity index (χ0n) is 13.8. The number of fused-ring (bicyclic) bond motifs is 1. The molecule has 2 aromatic heterocycles. The first-order valence-corrected chi connectivity index (χ1v) is 7.69. The van der Waals surface area contributed by atoms with Crippen LogP contribution in [-0.4, -0.2) is 34.7 Å². The van der Waals surface area contributed by atoms with Gasteiger partial charge in [0.2, 0.25) is 5.88 Å². The number of pyridine rings is 2. The fraction of sp³-hybridized carbons (Fsp3) is 0.167.